The first kappa shape index (κ1) is 35.0. The minimum atomic E-state index is 0.668. The second-order valence-electron chi connectivity index (χ2n) is 14.9. The van der Waals surface area contributed by atoms with E-state index in [1.165, 1.54) is 10.8 Å². The molecule has 5 heteroatoms. The zero-order valence-corrected chi connectivity index (χ0v) is 32.4. The van der Waals surface area contributed by atoms with Crippen molar-refractivity contribution in [1.82, 2.24) is 24.9 Å². The SMILES string of the molecule is c1ccc(-c2cc(-c3cccnc3)nc(-c3ccc(-c4ccc(-c5ccc6ccc7c(-c8ccc9ccccc9c8)cc(-c8ccccc8)nc7c6n5)cc4)cc3)n2)cc1. The van der Waals surface area contributed by atoms with E-state index in [4.69, 9.17) is 19.9 Å². The van der Waals surface area contributed by atoms with Gasteiger partial charge in [-0.15, -0.1) is 0 Å². The molecule has 0 N–H and O–H groups in total. The smallest absolute Gasteiger partial charge is 0.160 e. The summed E-state index contributed by atoms with van der Waals surface area (Å²) in [7, 11) is 0. The van der Waals surface area contributed by atoms with Crippen LogP contribution in [0.1, 0.15) is 0 Å². The van der Waals surface area contributed by atoms with Crippen molar-refractivity contribution in [3.05, 3.63) is 213 Å². The molecule has 4 heterocycles. The predicted octanol–water partition coefficient (Wildman–Crippen LogP) is 13.8. The molecule has 60 heavy (non-hydrogen) atoms. The summed E-state index contributed by atoms with van der Waals surface area (Å²) >= 11 is 0. The molecule has 0 saturated heterocycles. The van der Waals surface area contributed by atoms with Crippen LogP contribution in [-0.2, 0) is 0 Å². The molecule has 0 aliphatic rings. The Morgan fingerprint density at radius 1 is 0.283 bits per heavy atom. The van der Waals surface area contributed by atoms with Gasteiger partial charge in [0.1, 0.15) is 0 Å². The molecule has 0 aliphatic carbocycles. The Hall–Kier alpha value is -8.15. The van der Waals surface area contributed by atoms with Crippen molar-refractivity contribution >= 4 is 32.6 Å². The molecular formula is C55H35N5. The van der Waals surface area contributed by atoms with E-state index in [9.17, 15) is 0 Å². The molecular weight excluding hydrogens is 731 g/mol. The van der Waals surface area contributed by atoms with E-state index in [2.05, 4.69) is 163 Å². The number of hydrogen-bond donors (Lipinski definition) is 0. The number of pyridine rings is 3. The summed E-state index contributed by atoms with van der Waals surface area (Å²) in [5.74, 6) is 0.668. The van der Waals surface area contributed by atoms with E-state index in [1.807, 2.05) is 48.7 Å². The number of rotatable bonds is 7. The Balaban J connectivity index is 0.943. The number of fused-ring (bicyclic) bond motifs is 4. The summed E-state index contributed by atoms with van der Waals surface area (Å²) in [6.45, 7) is 0. The maximum atomic E-state index is 5.32. The fourth-order valence-corrected chi connectivity index (χ4v) is 8.03. The zero-order valence-electron chi connectivity index (χ0n) is 32.4. The number of nitrogens with zero attached hydrogens (tertiary/aromatic N) is 5. The van der Waals surface area contributed by atoms with Crippen LogP contribution in [0.25, 0.3) is 111 Å². The standard InChI is InChI=1S/C55H35N5/c1-3-11-39(12-4-1)50-33-48(45-26-21-36-10-7-8-15-44(36)32-45)47-29-27-42-28-30-49(57-53(42)54(47)58-50)41-22-17-37(18-23-41)38-19-24-43(25-20-38)55-59-51(40-13-5-2-6-14-40)34-52(60-55)46-16-9-31-56-35-46/h1-35H. The van der Waals surface area contributed by atoms with E-state index in [-0.39, 0.29) is 0 Å². The first-order valence-corrected chi connectivity index (χ1v) is 20.1. The van der Waals surface area contributed by atoms with Gasteiger partial charge in [0.25, 0.3) is 0 Å². The van der Waals surface area contributed by atoms with Crippen molar-refractivity contribution < 1.29 is 0 Å². The van der Waals surface area contributed by atoms with Crippen molar-refractivity contribution in [2.24, 2.45) is 0 Å². The van der Waals surface area contributed by atoms with Crippen LogP contribution in [0.4, 0.5) is 0 Å². The van der Waals surface area contributed by atoms with Gasteiger partial charge in [-0.05, 0) is 69.4 Å². The summed E-state index contributed by atoms with van der Waals surface area (Å²) in [4.78, 5) is 24.9. The molecule has 11 rings (SSSR count). The van der Waals surface area contributed by atoms with Gasteiger partial charge in [0.15, 0.2) is 5.82 Å². The highest BCUT2D eigenvalue weighted by Gasteiger charge is 2.16. The van der Waals surface area contributed by atoms with Crippen LogP contribution in [0, 0.1) is 0 Å². The van der Waals surface area contributed by atoms with Crippen LogP contribution >= 0.6 is 0 Å². The molecule has 0 atom stereocenters. The largest absolute Gasteiger partial charge is 0.264 e. The molecule has 5 nitrogen and oxygen atoms in total. The maximum absolute atomic E-state index is 5.32. The number of aromatic nitrogens is 5. The fourth-order valence-electron chi connectivity index (χ4n) is 8.03. The van der Waals surface area contributed by atoms with Gasteiger partial charge in [-0.2, -0.15) is 0 Å². The molecule has 0 radical (unpaired) electrons. The average molecular weight is 766 g/mol. The van der Waals surface area contributed by atoms with E-state index in [0.717, 1.165) is 94.7 Å². The molecule has 7 aromatic carbocycles. The van der Waals surface area contributed by atoms with Gasteiger partial charge in [-0.3, -0.25) is 4.98 Å². The lowest BCUT2D eigenvalue weighted by Gasteiger charge is -2.13. The van der Waals surface area contributed by atoms with Crippen LogP contribution in [0.2, 0.25) is 0 Å². The van der Waals surface area contributed by atoms with Crippen molar-refractivity contribution in [3.63, 3.8) is 0 Å². The molecule has 280 valence electrons. The minimum absolute atomic E-state index is 0.668. The second kappa shape index (κ2) is 15.0. The van der Waals surface area contributed by atoms with Gasteiger partial charge in [0.2, 0.25) is 0 Å². The van der Waals surface area contributed by atoms with Crippen LogP contribution in [0.15, 0.2) is 213 Å². The van der Waals surface area contributed by atoms with Crippen molar-refractivity contribution in [3.8, 4) is 78.7 Å². The number of hydrogen-bond acceptors (Lipinski definition) is 5. The van der Waals surface area contributed by atoms with E-state index in [1.54, 1.807) is 6.20 Å². The molecule has 0 saturated carbocycles. The van der Waals surface area contributed by atoms with Gasteiger partial charge in [0.05, 0.1) is 33.8 Å². The minimum Gasteiger partial charge on any atom is -0.264 e. The normalized spacial score (nSPS) is 11.3. The summed E-state index contributed by atoms with van der Waals surface area (Å²) in [6, 6.07) is 69.7. The van der Waals surface area contributed by atoms with Gasteiger partial charge in [0, 0.05) is 51.0 Å². The third-order valence-electron chi connectivity index (χ3n) is 11.2. The third kappa shape index (κ3) is 6.64. The Morgan fingerprint density at radius 3 is 1.52 bits per heavy atom. The van der Waals surface area contributed by atoms with Crippen LogP contribution in [0.5, 0.6) is 0 Å². The summed E-state index contributed by atoms with van der Waals surface area (Å²) in [6.07, 6.45) is 3.61. The zero-order chi connectivity index (χ0) is 39.8. The first-order chi connectivity index (χ1) is 29.7. The van der Waals surface area contributed by atoms with Gasteiger partial charge >= 0.3 is 0 Å². The summed E-state index contributed by atoms with van der Waals surface area (Å²) in [5.41, 5.74) is 14.8. The Labute approximate surface area is 347 Å². The Kier molecular flexibility index (Phi) is 8.75. The molecule has 0 fully saturated rings. The molecule has 0 spiro atoms. The van der Waals surface area contributed by atoms with Crippen molar-refractivity contribution in [2.45, 2.75) is 0 Å². The fraction of sp³-hybridized carbons (Fsp3) is 0. The lowest BCUT2D eigenvalue weighted by Crippen LogP contribution is -1.96. The second-order valence-corrected chi connectivity index (χ2v) is 14.9. The average Bonchev–Trinajstić information content (AvgIpc) is 3.34. The van der Waals surface area contributed by atoms with Gasteiger partial charge in [-0.25, -0.2) is 19.9 Å². The van der Waals surface area contributed by atoms with E-state index >= 15 is 0 Å². The topological polar surface area (TPSA) is 64.5 Å². The van der Waals surface area contributed by atoms with Crippen molar-refractivity contribution in [2.75, 3.05) is 0 Å². The molecule has 0 amide bonds. The predicted molar refractivity (Wildman–Crippen MR) is 246 cm³/mol. The Morgan fingerprint density at radius 2 is 0.817 bits per heavy atom. The van der Waals surface area contributed by atoms with Gasteiger partial charge in [-0.1, -0.05) is 164 Å². The lowest BCUT2D eigenvalue weighted by atomic mass is 9.95. The van der Waals surface area contributed by atoms with Crippen molar-refractivity contribution in [1.29, 1.82) is 0 Å². The first-order valence-electron chi connectivity index (χ1n) is 20.1. The summed E-state index contributed by atoms with van der Waals surface area (Å²) < 4.78 is 0. The maximum Gasteiger partial charge on any atom is 0.160 e. The van der Waals surface area contributed by atoms with E-state index in [0.29, 0.717) is 5.82 Å². The molecule has 11 aromatic rings. The monoisotopic (exact) mass is 765 g/mol. The highest BCUT2D eigenvalue weighted by molar-refractivity contribution is 6.10. The lowest BCUT2D eigenvalue weighted by molar-refractivity contribution is 1.18. The quantitative estimate of drug-likeness (QED) is 0.151. The molecule has 4 aromatic heterocycles. The summed E-state index contributed by atoms with van der Waals surface area (Å²) in [5, 5.41) is 4.56. The number of benzene rings is 7. The van der Waals surface area contributed by atoms with Crippen LogP contribution < -0.4 is 0 Å². The molecule has 0 aliphatic heterocycles. The molecule has 0 unspecified atom stereocenters. The van der Waals surface area contributed by atoms with Crippen LogP contribution in [-0.4, -0.2) is 24.9 Å². The highest BCUT2D eigenvalue weighted by Crippen LogP contribution is 2.37. The third-order valence-corrected chi connectivity index (χ3v) is 11.2. The highest BCUT2D eigenvalue weighted by atomic mass is 14.9. The van der Waals surface area contributed by atoms with Crippen LogP contribution in [0.3, 0.4) is 0 Å². The van der Waals surface area contributed by atoms with E-state index < -0.39 is 0 Å². The molecule has 0 bridgehead atoms. The Bertz CT molecular complexity index is 3270. The van der Waals surface area contributed by atoms with Gasteiger partial charge < -0.3 is 0 Å².